The lowest BCUT2D eigenvalue weighted by Gasteiger charge is -2.19. The number of alkyl halides is 1. The maximum absolute atomic E-state index is 12.3. The SMILES string of the molecule is CC(C)(C)OC(=O)NC1C[C@H]1F. The minimum absolute atomic E-state index is 0.320. The van der Waals surface area contributed by atoms with Crippen LogP contribution in [0.4, 0.5) is 9.18 Å². The number of alkyl carbamates (subject to hydrolysis) is 1. The molecular formula is C8H14FNO2. The molecule has 0 heterocycles. The minimum Gasteiger partial charge on any atom is -0.444 e. The number of halogens is 1. The average molecular weight is 175 g/mol. The van der Waals surface area contributed by atoms with Gasteiger partial charge in [-0.2, -0.15) is 0 Å². The van der Waals surface area contributed by atoms with Crippen molar-refractivity contribution in [3.8, 4) is 0 Å². The standard InChI is InChI=1S/C8H14FNO2/c1-8(2,3)12-7(11)10-6-4-5(6)9/h5-6H,4H2,1-3H3,(H,10,11)/t5-,6?/m1/s1. The lowest BCUT2D eigenvalue weighted by atomic mass is 10.2. The summed E-state index contributed by atoms with van der Waals surface area (Å²) in [5, 5.41) is 2.42. The highest BCUT2D eigenvalue weighted by Gasteiger charge is 2.39. The second-order valence-corrected chi connectivity index (χ2v) is 4.00. The monoisotopic (exact) mass is 175 g/mol. The van der Waals surface area contributed by atoms with Gasteiger partial charge in [0.25, 0.3) is 0 Å². The molecule has 0 aromatic carbocycles. The van der Waals surface area contributed by atoms with Crippen LogP contribution in [0.15, 0.2) is 0 Å². The summed E-state index contributed by atoms with van der Waals surface area (Å²) in [5.74, 6) is 0. The van der Waals surface area contributed by atoms with Crippen LogP contribution in [0.2, 0.25) is 0 Å². The van der Waals surface area contributed by atoms with Gasteiger partial charge in [0.15, 0.2) is 0 Å². The van der Waals surface area contributed by atoms with Crippen molar-refractivity contribution in [2.75, 3.05) is 0 Å². The molecule has 1 unspecified atom stereocenters. The highest BCUT2D eigenvalue weighted by atomic mass is 19.1. The van der Waals surface area contributed by atoms with E-state index in [-0.39, 0.29) is 6.04 Å². The van der Waals surface area contributed by atoms with Crippen molar-refractivity contribution >= 4 is 6.09 Å². The van der Waals surface area contributed by atoms with Crippen molar-refractivity contribution in [2.45, 2.75) is 45.0 Å². The first kappa shape index (κ1) is 9.29. The molecule has 1 rings (SSSR count). The Balaban J connectivity index is 2.21. The third-order valence-corrected chi connectivity index (χ3v) is 1.41. The molecule has 1 fully saturated rings. The van der Waals surface area contributed by atoms with E-state index in [2.05, 4.69) is 5.32 Å². The van der Waals surface area contributed by atoms with E-state index in [1.807, 2.05) is 0 Å². The predicted molar refractivity (Wildman–Crippen MR) is 42.7 cm³/mol. The molecule has 0 bridgehead atoms. The number of ether oxygens (including phenoxy) is 1. The fourth-order valence-corrected chi connectivity index (χ4v) is 0.772. The summed E-state index contributed by atoms with van der Waals surface area (Å²) < 4.78 is 17.2. The number of nitrogens with one attached hydrogen (secondary N) is 1. The van der Waals surface area contributed by atoms with Crippen LogP contribution in [0.1, 0.15) is 27.2 Å². The summed E-state index contributed by atoms with van der Waals surface area (Å²) in [5.41, 5.74) is -0.509. The van der Waals surface area contributed by atoms with E-state index in [0.717, 1.165) is 0 Å². The van der Waals surface area contributed by atoms with Gasteiger partial charge < -0.3 is 10.1 Å². The largest absolute Gasteiger partial charge is 0.444 e. The number of carbonyl (C=O) groups excluding carboxylic acids is 1. The van der Waals surface area contributed by atoms with Gasteiger partial charge in [-0.3, -0.25) is 0 Å². The highest BCUT2D eigenvalue weighted by molar-refractivity contribution is 5.68. The van der Waals surface area contributed by atoms with Crippen LogP contribution in [0, 0.1) is 0 Å². The average Bonchev–Trinajstić information content (AvgIpc) is 2.40. The van der Waals surface area contributed by atoms with Gasteiger partial charge in [-0.05, 0) is 20.8 Å². The van der Waals surface area contributed by atoms with E-state index >= 15 is 0 Å². The quantitative estimate of drug-likeness (QED) is 0.657. The Hall–Kier alpha value is -0.800. The molecule has 1 amide bonds. The molecule has 70 valence electrons. The first-order valence-electron chi connectivity index (χ1n) is 4.02. The topological polar surface area (TPSA) is 38.3 Å². The Kier molecular flexibility index (Phi) is 2.26. The van der Waals surface area contributed by atoms with Crippen LogP contribution in [-0.2, 0) is 4.74 Å². The maximum Gasteiger partial charge on any atom is 0.407 e. The third kappa shape index (κ3) is 3.07. The lowest BCUT2D eigenvalue weighted by Crippen LogP contribution is -2.34. The van der Waals surface area contributed by atoms with Gasteiger partial charge in [-0.25, -0.2) is 9.18 Å². The van der Waals surface area contributed by atoms with Crippen LogP contribution in [0.3, 0.4) is 0 Å². The summed E-state index contributed by atoms with van der Waals surface area (Å²) in [6.45, 7) is 5.31. The molecular weight excluding hydrogens is 161 g/mol. The number of carbonyl (C=O) groups is 1. The van der Waals surface area contributed by atoms with Gasteiger partial charge in [0.1, 0.15) is 11.8 Å². The zero-order valence-electron chi connectivity index (χ0n) is 7.56. The number of rotatable bonds is 1. The van der Waals surface area contributed by atoms with Crippen LogP contribution < -0.4 is 5.32 Å². The zero-order valence-corrected chi connectivity index (χ0v) is 7.56. The van der Waals surface area contributed by atoms with Gasteiger partial charge >= 0.3 is 6.09 Å². The second-order valence-electron chi connectivity index (χ2n) is 4.00. The molecule has 3 nitrogen and oxygen atoms in total. The van der Waals surface area contributed by atoms with E-state index in [0.29, 0.717) is 6.42 Å². The van der Waals surface area contributed by atoms with Gasteiger partial charge in [-0.15, -0.1) is 0 Å². The van der Waals surface area contributed by atoms with Crippen molar-refractivity contribution in [2.24, 2.45) is 0 Å². The van der Waals surface area contributed by atoms with Crippen LogP contribution in [0.25, 0.3) is 0 Å². The molecule has 1 aliphatic carbocycles. The van der Waals surface area contributed by atoms with Gasteiger partial charge in [0, 0.05) is 6.42 Å². The van der Waals surface area contributed by atoms with E-state index < -0.39 is 17.9 Å². The van der Waals surface area contributed by atoms with Crippen LogP contribution >= 0.6 is 0 Å². The molecule has 0 aromatic heterocycles. The van der Waals surface area contributed by atoms with E-state index in [1.54, 1.807) is 20.8 Å². The molecule has 0 aromatic rings. The molecule has 1 saturated carbocycles. The Bertz CT molecular complexity index is 188. The van der Waals surface area contributed by atoms with Gasteiger partial charge in [-0.1, -0.05) is 0 Å². The van der Waals surface area contributed by atoms with Crippen LogP contribution in [0.5, 0.6) is 0 Å². The first-order valence-corrected chi connectivity index (χ1v) is 4.02. The Labute approximate surface area is 71.3 Å². The molecule has 0 radical (unpaired) electrons. The number of amides is 1. The smallest absolute Gasteiger partial charge is 0.407 e. The Morgan fingerprint density at radius 3 is 2.42 bits per heavy atom. The molecule has 0 aliphatic heterocycles. The number of hydrogen-bond donors (Lipinski definition) is 1. The Morgan fingerprint density at radius 1 is 1.58 bits per heavy atom. The van der Waals surface area contributed by atoms with Crippen molar-refractivity contribution in [3.63, 3.8) is 0 Å². The summed E-state index contributed by atoms with van der Waals surface area (Å²) in [7, 11) is 0. The molecule has 2 atom stereocenters. The zero-order chi connectivity index (χ0) is 9.35. The summed E-state index contributed by atoms with van der Waals surface area (Å²) in [6, 6.07) is -0.320. The van der Waals surface area contributed by atoms with Gasteiger partial charge in [0.05, 0.1) is 6.04 Å². The lowest BCUT2D eigenvalue weighted by molar-refractivity contribution is 0.0519. The fourth-order valence-electron chi connectivity index (χ4n) is 0.772. The summed E-state index contributed by atoms with van der Waals surface area (Å²) >= 11 is 0. The normalized spacial score (nSPS) is 28.0. The maximum atomic E-state index is 12.3. The van der Waals surface area contributed by atoms with E-state index in [1.165, 1.54) is 0 Å². The van der Waals surface area contributed by atoms with Gasteiger partial charge in [0.2, 0.25) is 0 Å². The molecule has 0 spiro atoms. The third-order valence-electron chi connectivity index (χ3n) is 1.41. The molecule has 0 saturated heterocycles. The predicted octanol–water partition coefficient (Wildman–Crippen LogP) is 1.62. The van der Waals surface area contributed by atoms with E-state index in [4.69, 9.17) is 4.74 Å². The van der Waals surface area contributed by atoms with Crippen molar-refractivity contribution in [3.05, 3.63) is 0 Å². The molecule has 12 heavy (non-hydrogen) atoms. The number of hydrogen-bond acceptors (Lipinski definition) is 2. The summed E-state index contributed by atoms with van der Waals surface area (Å²) in [6.07, 6.45) is -0.996. The fraction of sp³-hybridized carbons (Fsp3) is 0.875. The van der Waals surface area contributed by atoms with Crippen molar-refractivity contribution in [1.29, 1.82) is 0 Å². The highest BCUT2D eigenvalue weighted by Crippen LogP contribution is 2.25. The Morgan fingerprint density at radius 2 is 2.08 bits per heavy atom. The second kappa shape index (κ2) is 2.92. The molecule has 1 N–H and O–H groups in total. The van der Waals surface area contributed by atoms with Crippen molar-refractivity contribution in [1.82, 2.24) is 5.32 Å². The minimum atomic E-state index is -0.877. The van der Waals surface area contributed by atoms with E-state index in [9.17, 15) is 9.18 Å². The first-order chi connectivity index (χ1) is 5.38. The van der Waals surface area contributed by atoms with Crippen molar-refractivity contribution < 1.29 is 13.9 Å². The van der Waals surface area contributed by atoms with Crippen LogP contribution in [-0.4, -0.2) is 23.9 Å². The molecule has 1 aliphatic rings. The summed E-state index contributed by atoms with van der Waals surface area (Å²) in [4.78, 5) is 11.0. The molecule has 4 heteroatoms.